The van der Waals surface area contributed by atoms with Gasteiger partial charge in [0, 0.05) is 6.42 Å². The summed E-state index contributed by atoms with van der Waals surface area (Å²) >= 11 is 0. The lowest BCUT2D eigenvalue weighted by Gasteiger charge is -2.29. The van der Waals surface area contributed by atoms with E-state index in [9.17, 15) is 14.4 Å². The molecular formula is C13H18O4. The molecule has 4 heteroatoms. The van der Waals surface area contributed by atoms with Crippen LogP contribution in [0.1, 0.15) is 51.9 Å². The van der Waals surface area contributed by atoms with E-state index in [1.165, 1.54) is 0 Å². The van der Waals surface area contributed by atoms with E-state index in [-0.39, 0.29) is 18.0 Å². The average molecular weight is 238 g/mol. The van der Waals surface area contributed by atoms with Gasteiger partial charge in [-0.05, 0) is 32.1 Å². The summed E-state index contributed by atoms with van der Waals surface area (Å²) in [5.41, 5.74) is -0.955. The number of rotatable bonds is 3. The molecule has 4 nitrogen and oxygen atoms in total. The SMILES string of the molecule is CCCC(=O)C1C(=O)OC2(CCCCC2)C1=O. The summed E-state index contributed by atoms with van der Waals surface area (Å²) in [6, 6.07) is 0. The van der Waals surface area contributed by atoms with Crippen LogP contribution in [0.4, 0.5) is 0 Å². The van der Waals surface area contributed by atoms with Gasteiger partial charge in [0.05, 0.1) is 0 Å². The van der Waals surface area contributed by atoms with Crippen LogP contribution in [0.2, 0.25) is 0 Å². The van der Waals surface area contributed by atoms with Crippen molar-refractivity contribution in [3.8, 4) is 0 Å². The highest BCUT2D eigenvalue weighted by atomic mass is 16.6. The van der Waals surface area contributed by atoms with E-state index in [0.717, 1.165) is 19.3 Å². The Hall–Kier alpha value is -1.19. The van der Waals surface area contributed by atoms with Crippen molar-refractivity contribution in [3.05, 3.63) is 0 Å². The number of hydrogen-bond acceptors (Lipinski definition) is 4. The van der Waals surface area contributed by atoms with Crippen molar-refractivity contribution in [3.63, 3.8) is 0 Å². The highest BCUT2D eigenvalue weighted by molar-refractivity contribution is 6.23. The molecule has 0 N–H and O–H groups in total. The minimum Gasteiger partial charge on any atom is -0.450 e. The maximum atomic E-state index is 12.2. The van der Waals surface area contributed by atoms with Crippen molar-refractivity contribution in [2.75, 3.05) is 0 Å². The largest absolute Gasteiger partial charge is 0.450 e. The highest BCUT2D eigenvalue weighted by Gasteiger charge is 2.57. The van der Waals surface area contributed by atoms with Crippen LogP contribution in [0, 0.1) is 5.92 Å². The highest BCUT2D eigenvalue weighted by Crippen LogP contribution is 2.40. The third-order valence-electron chi connectivity index (χ3n) is 3.72. The topological polar surface area (TPSA) is 60.4 Å². The van der Waals surface area contributed by atoms with Crippen molar-refractivity contribution in [2.45, 2.75) is 57.5 Å². The Morgan fingerprint density at radius 2 is 1.94 bits per heavy atom. The zero-order chi connectivity index (χ0) is 12.5. The van der Waals surface area contributed by atoms with E-state index in [4.69, 9.17) is 4.74 Å². The molecule has 0 aromatic carbocycles. The minimum absolute atomic E-state index is 0.273. The van der Waals surface area contributed by atoms with Crippen LogP contribution in [0.15, 0.2) is 0 Å². The molecule has 1 aliphatic carbocycles. The molecule has 0 aromatic rings. The summed E-state index contributed by atoms with van der Waals surface area (Å²) in [4.78, 5) is 35.7. The average Bonchev–Trinajstić information content (AvgIpc) is 2.52. The second-order valence-corrected chi connectivity index (χ2v) is 4.99. The third-order valence-corrected chi connectivity index (χ3v) is 3.72. The summed E-state index contributed by atoms with van der Waals surface area (Å²) in [6.45, 7) is 1.86. The number of ether oxygens (including phenoxy) is 1. The Morgan fingerprint density at radius 1 is 1.29 bits per heavy atom. The van der Waals surface area contributed by atoms with E-state index < -0.39 is 17.5 Å². The lowest BCUT2D eigenvalue weighted by atomic mass is 9.78. The van der Waals surface area contributed by atoms with Gasteiger partial charge < -0.3 is 4.74 Å². The number of Topliss-reactive ketones (excluding diaryl/α,β-unsaturated/α-hetero) is 2. The van der Waals surface area contributed by atoms with E-state index >= 15 is 0 Å². The lowest BCUT2D eigenvalue weighted by Crippen LogP contribution is -2.40. The molecule has 1 atom stereocenters. The van der Waals surface area contributed by atoms with Crippen LogP contribution in [0.5, 0.6) is 0 Å². The molecule has 1 saturated carbocycles. The van der Waals surface area contributed by atoms with E-state index in [0.29, 0.717) is 19.3 Å². The second kappa shape index (κ2) is 4.59. The van der Waals surface area contributed by atoms with E-state index in [1.54, 1.807) is 0 Å². The third kappa shape index (κ3) is 2.01. The molecule has 2 rings (SSSR count). The van der Waals surface area contributed by atoms with Crippen molar-refractivity contribution in [1.29, 1.82) is 0 Å². The Balaban J connectivity index is 2.18. The summed E-state index contributed by atoms with van der Waals surface area (Å²) in [5, 5.41) is 0. The fourth-order valence-electron chi connectivity index (χ4n) is 2.81. The zero-order valence-electron chi connectivity index (χ0n) is 10.2. The van der Waals surface area contributed by atoms with Gasteiger partial charge in [0.25, 0.3) is 0 Å². The molecular weight excluding hydrogens is 220 g/mol. The first-order valence-corrected chi connectivity index (χ1v) is 6.40. The Kier molecular flexibility index (Phi) is 3.31. The molecule has 0 amide bonds. The fourth-order valence-corrected chi connectivity index (χ4v) is 2.81. The molecule has 1 heterocycles. The van der Waals surface area contributed by atoms with Crippen LogP contribution in [0.3, 0.4) is 0 Å². The summed E-state index contributed by atoms with van der Waals surface area (Å²) in [7, 11) is 0. The Morgan fingerprint density at radius 3 is 2.53 bits per heavy atom. The fraction of sp³-hybridized carbons (Fsp3) is 0.769. The van der Waals surface area contributed by atoms with Crippen LogP contribution in [-0.2, 0) is 19.1 Å². The van der Waals surface area contributed by atoms with Gasteiger partial charge in [-0.15, -0.1) is 0 Å². The van der Waals surface area contributed by atoms with Crippen LogP contribution >= 0.6 is 0 Å². The van der Waals surface area contributed by atoms with Gasteiger partial charge in [-0.1, -0.05) is 13.3 Å². The molecule has 0 aromatic heterocycles. The van der Waals surface area contributed by atoms with Gasteiger partial charge in [0.1, 0.15) is 0 Å². The zero-order valence-corrected chi connectivity index (χ0v) is 10.2. The molecule has 1 saturated heterocycles. The summed E-state index contributed by atoms with van der Waals surface area (Å²) in [6.07, 6.45) is 4.98. The molecule has 0 bridgehead atoms. The maximum Gasteiger partial charge on any atom is 0.325 e. The predicted octanol–water partition coefficient (Wildman–Crippen LogP) is 1.80. The Bertz CT molecular complexity index is 352. The molecule has 1 aliphatic heterocycles. The minimum atomic E-state index is -1.13. The van der Waals surface area contributed by atoms with Crippen molar-refractivity contribution in [1.82, 2.24) is 0 Å². The lowest BCUT2D eigenvalue weighted by molar-refractivity contribution is -0.155. The summed E-state index contributed by atoms with van der Waals surface area (Å²) in [5.74, 6) is -2.30. The summed E-state index contributed by atoms with van der Waals surface area (Å²) < 4.78 is 5.27. The van der Waals surface area contributed by atoms with Crippen LogP contribution in [-0.4, -0.2) is 23.1 Å². The molecule has 2 aliphatic rings. The van der Waals surface area contributed by atoms with Crippen molar-refractivity contribution in [2.24, 2.45) is 5.92 Å². The van der Waals surface area contributed by atoms with Crippen molar-refractivity contribution >= 4 is 17.5 Å². The molecule has 0 radical (unpaired) electrons. The first-order valence-electron chi connectivity index (χ1n) is 6.40. The monoisotopic (exact) mass is 238 g/mol. The van der Waals surface area contributed by atoms with Crippen LogP contribution in [0.25, 0.3) is 0 Å². The van der Waals surface area contributed by atoms with Gasteiger partial charge >= 0.3 is 5.97 Å². The predicted molar refractivity (Wildman–Crippen MR) is 60.3 cm³/mol. The van der Waals surface area contributed by atoms with Crippen LogP contribution < -0.4 is 0 Å². The van der Waals surface area contributed by atoms with Crippen molar-refractivity contribution < 1.29 is 19.1 Å². The number of esters is 1. The standard InChI is InChI=1S/C13H18O4/c1-2-6-9(14)10-11(15)13(17-12(10)16)7-4-3-5-8-13/h10H,2-8H2,1H3. The number of hydrogen-bond donors (Lipinski definition) is 0. The number of carbonyl (C=O) groups is 3. The first-order chi connectivity index (χ1) is 8.10. The smallest absolute Gasteiger partial charge is 0.325 e. The molecule has 2 fully saturated rings. The number of ketones is 2. The molecule has 1 spiro atoms. The second-order valence-electron chi connectivity index (χ2n) is 4.99. The Labute approximate surface area is 101 Å². The first kappa shape index (κ1) is 12.3. The normalized spacial score (nSPS) is 27.2. The van der Waals surface area contributed by atoms with Gasteiger partial charge in [-0.25, -0.2) is 0 Å². The van der Waals surface area contributed by atoms with Gasteiger partial charge in [0.15, 0.2) is 23.1 Å². The molecule has 1 unspecified atom stereocenters. The maximum absolute atomic E-state index is 12.2. The van der Waals surface area contributed by atoms with Gasteiger partial charge in [0.2, 0.25) is 0 Å². The van der Waals surface area contributed by atoms with E-state index in [2.05, 4.69) is 0 Å². The quantitative estimate of drug-likeness (QED) is 0.555. The molecule has 94 valence electrons. The molecule has 17 heavy (non-hydrogen) atoms. The van der Waals surface area contributed by atoms with Gasteiger partial charge in [-0.2, -0.15) is 0 Å². The number of carbonyl (C=O) groups excluding carboxylic acids is 3. The van der Waals surface area contributed by atoms with E-state index in [1.807, 2.05) is 6.92 Å². The van der Waals surface area contributed by atoms with Gasteiger partial charge in [-0.3, -0.25) is 14.4 Å².